The normalized spacial score (nSPS) is 11.3. The first-order valence-corrected chi connectivity index (χ1v) is 6.67. The molecule has 0 radical (unpaired) electrons. The Morgan fingerprint density at radius 2 is 1.84 bits per heavy atom. The van der Waals surface area contributed by atoms with Crippen LogP contribution in [-0.2, 0) is 6.42 Å². The fourth-order valence-electron chi connectivity index (χ4n) is 2.28. The molecule has 2 heteroatoms. The van der Waals surface area contributed by atoms with Gasteiger partial charge in [0.2, 0.25) is 5.89 Å². The van der Waals surface area contributed by atoms with Crippen molar-refractivity contribution in [2.45, 2.75) is 20.3 Å². The lowest BCUT2D eigenvalue weighted by atomic mass is 10.0. The van der Waals surface area contributed by atoms with Gasteiger partial charge in [0.15, 0.2) is 5.58 Å². The van der Waals surface area contributed by atoms with Crippen molar-refractivity contribution >= 4 is 11.1 Å². The van der Waals surface area contributed by atoms with Crippen LogP contribution in [0.3, 0.4) is 0 Å². The molecule has 2 aromatic carbocycles. The van der Waals surface area contributed by atoms with Crippen LogP contribution in [0, 0.1) is 5.92 Å². The molecule has 3 aromatic rings. The lowest BCUT2D eigenvalue weighted by molar-refractivity contribution is 0.619. The third kappa shape index (κ3) is 2.53. The van der Waals surface area contributed by atoms with Gasteiger partial charge in [-0.05, 0) is 42.2 Å². The Hall–Kier alpha value is -2.09. The molecule has 0 spiro atoms. The predicted octanol–water partition coefficient (Wildman–Crippen LogP) is 4.69. The van der Waals surface area contributed by atoms with Gasteiger partial charge in [-0.15, -0.1) is 0 Å². The summed E-state index contributed by atoms with van der Waals surface area (Å²) in [6, 6.07) is 16.3. The van der Waals surface area contributed by atoms with Crippen molar-refractivity contribution in [1.82, 2.24) is 4.98 Å². The van der Waals surface area contributed by atoms with E-state index in [-0.39, 0.29) is 0 Å². The molecular weight excluding hydrogens is 234 g/mol. The Morgan fingerprint density at radius 1 is 1.05 bits per heavy atom. The van der Waals surface area contributed by atoms with Gasteiger partial charge in [0.1, 0.15) is 5.52 Å². The highest BCUT2D eigenvalue weighted by Crippen LogP contribution is 2.25. The number of fused-ring (bicyclic) bond motifs is 1. The summed E-state index contributed by atoms with van der Waals surface area (Å²) in [7, 11) is 0. The molecular formula is C17H17NO. The summed E-state index contributed by atoms with van der Waals surface area (Å²) < 4.78 is 5.80. The zero-order valence-corrected chi connectivity index (χ0v) is 11.3. The van der Waals surface area contributed by atoms with E-state index < -0.39 is 0 Å². The maximum absolute atomic E-state index is 5.80. The molecule has 1 aromatic heterocycles. The van der Waals surface area contributed by atoms with Crippen LogP contribution in [-0.4, -0.2) is 4.98 Å². The van der Waals surface area contributed by atoms with E-state index in [1.807, 2.05) is 36.4 Å². The number of hydrogen-bond acceptors (Lipinski definition) is 2. The van der Waals surface area contributed by atoms with Crippen molar-refractivity contribution in [2.24, 2.45) is 5.92 Å². The zero-order chi connectivity index (χ0) is 13.2. The van der Waals surface area contributed by atoms with E-state index in [0.717, 1.165) is 23.1 Å². The van der Waals surface area contributed by atoms with Gasteiger partial charge in [-0.1, -0.05) is 38.1 Å². The highest BCUT2D eigenvalue weighted by molar-refractivity contribution is 5.76. The second kappa shape index (κ2) is 4.88. The molecule has 0 bridgehead atoms. The van der Waals surface area contributed by atoms with Gasteiger partial charge in [-0.3, -0.25) is 0 Å². The largest absolute Gasteiger partial charge is 0.436 e. The second-order valence-corrected chi connectivity index (χ2v) is 5.29. The first kappa shape index (κ1) is 12.0. The van der Waals surface area contributed by atoms with Crippen LogP contribution in [0.5, 0.6) is 0 Å². The van der Waals surface area contributed by atoms with E-state index in [0.29, 0.717) is 11.8 Å². The Labute approximate surface area is 113 Å². The molecule has 0 fully saturated rings. The topological polar surface area (TPSA) is 26.0 Å². The van der Waals surface area contributed by atoms with E-state index in [2.05, 4.69) is 31.0 Å². The molecule has 0 unspecified atom stereocenters. The SMILES string of the molecule is CC(C)Cc1ccc2oc(-c3ccccc3)nc2c1. The van der Waals surface area contributed by atoms with Crippen LogP contribution in [0.15, 0.2) is 52.9 Å². The van der Waals surface area contributed by atoms with Crippen LogP contribution in [0.25, 0.3) is 22.6 Å². The van der Waals surface area contributed by atoms with Crippen LogP contribution < -0.4 is 0 Å². The van der Waals surface area contributed by atoms with Gasteiger partial charge in [0.25, 0.3) is 0 Å². The number of aromatic nitrogens is 1. The average molecular weight is 251 g/mol. The first-order chi connectivity index (χ1) is 9.22. The maximum Gasteiger partial charge on any atom is 0.227 e. The van der Waals surface area contributed by atoms with Gasteiger partial charge in [-0.2, -0.15) is 0 Å². The van der Waals surface area contributed by atoms with Crippen LogP contribution >= 0.6 is 0 Å². The lowest BCUT2D eigenvalue weighted by Crippen LogP contribution is -1.93. The molecule has 3 rings (SSSR count). The molecule has 1 heterocycles. The molecule has 0 amide bonds. The molecule has 0 saturated heterocycles. The molecule has 0 aliphatic carbocycles. The highest BCUT2D eigenvalue weighted by Gasteiger charge is 2.08. The van der Waals surface area contributed by atoms with Gasteiger partial charge in [-0.25, -0.2) is 4.98 Å². The standard InChI is InChI=1S/C17H17NO/c1-12(2)10-13-8-9-16-15(11-13)18-17(19-16)14-6-4-3-5-7-14/h3-9,11-12H,10H2,1-2H3. The number of benzene rings is 2. The molecule has 0 saturated carbocycles. The summed E-state index contributed by atoms with van der Waals surface area (Å²) in [4.78, 5) is 4.58. The summed E-state index contributed by atoms with van der Waals surface area (Å²) >= 11 is 0. The van der Waals surface area contributed by atoms with E-state index in [9.17, 15) is 0 Å². The number of rotatable bonds is 3. The molecule has 0 aliphatic rings. The molecule has 96 valence electrons. The van der Waals surface area contributed by atoms with E-state index >= 15 is 0 Å². The molecule has 0 atom stereocenters. The summed E-state index contributed by atoms with van der Waals surface area (Å²) in [6.07, 6.45) is 1.07. The minimum atomic E-state index is 0.651. The minimum absolute atomic E-state index is 0.651. The minimum Gasteiger partial charge on any atom is -0.436 e. The Morgan fingerprint density at radius 3 is 2.58 bits per heavy atom. The van der Waals surface area contributed by atoms with Gasteiger partial charge >= 0.3 is 0 Å². The van der Waals surface area contributed by atoms with Crippen molar-refractivity contribution in [3.05, 3.63) is 54.1 Å². The first-order valence-electron chi connectivity index (χ1n) is 6.67. The summed E-state index contributed by atoms with van der Waals surface area (Å²) in [5.74, 6) is 1.34. The van der Waals surface area contributed by atoms with Crippen molar-refractivity contribution in [3.8, 4) is 11.5 Å². The van der Waals surface area contributed by atoms with Gasteiger partial charge in [0, 0.05) is 5.56 Å². The van der Waals surface area contributed by atoms with Crippen LogP contribution in [0.1, 0.15) is 19.4 Å². The third-order valence-corrected chi connectivity index (χ3v) is 3.12. The molecule has 0 aliphatic heterocycles. The predicted molar refractivity (Wildman–Crippen MR) is 78.0 cm³/mol. The van der Waals surface area contributed by atoms with Crippen molar-refractivity contribution in [2.75, 3.05) is 0 Å². The van der Waals surface area contributed by atoms with Crippen molar-refractivity contribution in [3.63, 3.8) is 0 Å². The third-order valence-electron chi connectivity index (χ3n) is 3.12. The molecule has 19 heavy (non-hydrogen) atoms. The fraction of sp³-hybridized carbons (Fsp3) is 0.235. The number of hydrogen-bond donors (Lipinski definition) is 0. The van der Waals surface area contributed by atoms with Crippen molar-refractivity contribution < 1.29 is 4.42 Å². The monoisotopic (exact) mass is 251 g/mol. The molecule has 2 nitrogen and oxygen atoms in total. The average Bonchev–Trinajstić information content (AvgIpc) is 2.82. The zero-order valence-electron chi connectivity index (χ0n) is 11.3. The van der Waals surface area contributed by atoms with Crippen LogP contribution in [0.2, 0.25) is 0 Å². The van der Waals surface area contributed by atoms with Gasteiger partial charge < -0.3 is 4.42 Å². The quantitative estimate of drug-likeness (QED) is 0.674. The number of oxazole rings is 1. The molecule has 0 N–H and O–H groups in total. The fourth-order valence-corrected chi connectivity index (χ4v) is 2.28. The number of nitrogens with zero attached hydrogens (tertiary/aromatic N) is 1. The van der Waals surface area contributed by atoms with Gasteiger partial charge in [0.05, 0.1) is 0 Å². The summed E-state index contributed by atoms with van der Waals surface area (Å²) in [6.45, 7) is 4.45. The van der Waals surface area contributed by atoms with E-state index in [4.69, 9.17) is 4.42 Å². The Kier molecular flexibility index (Phi) is 3.08. The summed E-state index contributed by atoms with van der Waals surface area (Å²) in [5, 5.41) is 0. The summed E-state index contributed by atoms with van der Waals surface area (Å²) in [5.41, 5.74) is 4.13. The Balaban J connectivity index is 2.01. The maximum atomic E-state index is 5.80. The second-order valence-electron chi connectivity index (χ2n) is 5.29. The smallest absolute Gasteiger partial charge is 0.227 e. The lowest BCUT2D eigenvalue weighted by Gasteiger charge is -2.03. The van der Waals surface area contributed by atoms with Crippen LogP contribution in [0.4, 0.5) is 0 Å². The van der Waals surface area contributed by atoms with E-state index in [1.165, 1.54) is 5.56 Å². The van der Waals surface area contributed by atoms with Crippen molar-refractivity contribution in [1.29, 1.82) is 0 Å². The van der Waals surface area contributed by atoms with E-state index in [1.54, 1.807) is 0 Å². The highest BCUT2D eigenvalue weighted by atomic mass is 16.3. The Bertz CT molecular complexity index is 683.